The Morgan fingerprint density at radius 1 is 1.06 bits per heavy atom. The molecule has 1 atom stereocenters. The van der Waals surface area contributed by atoms with Crippen molar-refractivity contribution >= 4 is 21.0 Å². The van der Waals surface area contributed by atoms with Crippen LogP contribution in [0.3, 0.4) is 0 Å². The van der Waals surface area contributed by atoms with Crippen molar-refractivity contribution in [3.63, 3.8) is 0 Å². The zero-order chi connectivity index (χ0) is 13.9. The summed E-state index contributed by atoms with van der Waals surface area (Å²) in [4.78, 5) is 0. The monoisotopic (exact) mass is 276 g/mol. The lowest BCUT2D eigenvalue weighted by Crippen LogP contribution is -2.39. The van der Waals surface area contributed by atoms with Crippen LogP contribution >= 0.6 is 0 Å². The fourth-order valence-electron chi connectivity index (χ4n) is 1.18. The summed E-state index contributed by atoms with van der Waals surface area (Å²) in [6.45, 7) is 14.6. The molecule has 0 aliphatic carbocycles. The molecule has 1 unspecified atom stereocenters. The largest absolute Gasteiger partial charge is 0.529 e. The lowest BCUT2D eigenvalue weighted by Gasteiger charge is -2.34. The summed E-state index contributed by atoms with van der Waals surface area (Å²) < 4.78 is 17.0. The minimum Gasteiger partial charge on any atom is -0.529 e. The highest BCUT2D eigenvalue weighted by atomic mass is 28.2. The van der Waals surface area contributed by atoms with Gasteiger partial charge in [0.1, 0.15) is 16.1 Å². The Balaban J connectivity index is 5.08. The van der Waals surface area contributed by atoms with Crippen LogP contribution in [0.4, 0.5) is 0 Å². The Bertz CT molecular complexity index is 280. The second-order valence-corrected chi connectivity index (χ2v) is 6.83. The number of rotatable bonds is 5. The van der Waals surface area contributed by atoms with E-state index >= 15 is 0 Å². The van der Waals surface area contributed by atoms with Gasteiger partial charge >= 0.3 is 0 Å². The Morgan fingerprint density at radius 2 is 1.53 bits per heavy atom. The SMILES string of the molecule is CC(=C(O[SiH3])OC(C)(C)C(C)O[SiH3])C(C)(C)C. The maximum absolute atomic E-state index is 6.02. The molecular formula is C12H28O3Si2. The Hall–Kier alpha value is -0.266. The first-order valence-corrected chi connectivity index (χ1v) is 7.66. The lowest BCUT2D eigenvalue weighted by atomic mass is 9.88. The third-order valence-corrected chi connectivity index (χ3v) is 4.38. The Morgan fingerprint density at radius 3 is 1.82 bits per heavy atom. The van der Waals surface area contributed by atoms with Gasteiger partial charge in [-0.3, -0.25) is 0 Å². The molecule has 0 saturated heterocycles. The first-order chi connectivity index (χ1) is 7.56. The van der Waals surface area contributed by atoms with Crippen molar-refractivity contribution in [1.29, 1.82) is 0 Å². The van der Waals surface area contributed by atoms with E-state index in [1.807, 2.05) is 20.8 Å². The van der Waals surface area contributed by atoms with E-state index < -0.39 is 0 Å². The van der Waals surface area contributed by atoms with Gasteiger partial charge in [-0.15, -0.1) is 0 Å². The van der Waals surface area contributed by atoms with E-state index in [0.29, 0.717) is 26.9 Å². The van der Waals surface area contributed by atoms with Gasteiger partial charge in [0.2, 0.25) is 10.5 Å². The molecule has 0 radical (unpaired) electrons. The highest BCUT2D eigenvalue weighted by Gasteiger charge is 2.31. The predicted octanol–water partition coefficient (Wildman–Crippen LogP) is 1.04. The van der Waals surface area contributed by atoms with Crippen molar-refractivity contribution < 1.29 is 13.6 Å². The summed E-state index contributed by atoms with van der Waals surface area (Å²) >= 11 is 0. The summed E-state index contributed by atoms with van der Waals surface area (Å²) in [6, 6.07) is 0. The maximum atomic E-state index is 6.02. The minimum atomic E-state index is -0.367. The molecule has 0 bridgehead atoms. The molecule has 0 rings (SSSR count). The molecule has 0 aromatic carbocycles. The van der Waals surface area contributed by atoms with Crippen LogP contribution in [0.1, 0.15) is 48.5 Å². The topological polar surface area (TPSA) is 27.7 Å². The first kappa shape index (κ1) is 16.7. The van der Waals surface area contributed by atoms with Gasteiger partial charge in [-0.1, -0.05) is 20.8 Å². The van der Waals surface area contributed by atoms with Crippen LogP contribution in [0.2, 0.25) is 0 Å². The summed E-state index contributed by atoms with van der Waals surface area (Å²) in [6.07, 6.45) is 0.0637. The maximum Gasteiger partial charge on any atom is 0.264 e. The first-order valence-electron chi connectivity index (χ1n) is 6.03. The molecular weight excluding hydrogens is 248 g/mol. The third kappa shape index (κ3) is 4.85. The van der Waals surface area contributed by atoms with Crippen LogP contribution in [-0.4, -0.2) is 32.7 Å². The van der Waals surface area contributed by atoms with Crippen LogP contribution in [0, 0.1) is 5.41 Å². The van der Waals surface area contributed by atoms with Crippen molar-refractivity contribution in [2.75, 3.05) is 0 Å². The molecule has 0 aromatic rings. The van der Waals surface area contributed by atoms with Crippen LogP contribution in [0.25, 0.3) is 0 Å². The Labute approximate surface area is 112 Å². The van der Waals surface area contributed by atoms with Crippen molar-refractivity contribution in [2.24, 2.45) is 5.41 Å². The summed E-state index contributed by atoms with van der Waals surface area (Å²) in [5.41, 5.74) is 0.829. The average Bonchev–Trinajstić information content (AvgIpc) is 2.22. The number of hydrogen-bond acceptors (Lipinski definition) is 3. The van der Waals surface area contributed by atoms with E-state index in [1.54, 1.807) is 0 Å². The van der Waals surface area contributed by atoms with Gasteiger partial charge in [-0.2, -0.15) is 0 Å². The molecule has 5 heteroatoms. The van der Waals surface area contributed by atoms with E-state index in [9.17, 15) is 0 Å². The van der Waals surface area contributed by atoms with Gasteiger partial charge in [0, 0.05) is 5.57 Å². The van der Waals surface area contributed by atoms with Gasteiger partial charge < -0.3 is 13.6 Å². The van der Waals surface area contributed by atoms with Gasteiger partial charge in [0.15, 0.2) is 0 Å². The van der Waals surface area contributed by atoms with Crippen LogP contribution in [0.15, 0.2) is 11.5 Å². The molecule has 0 spiro atoms. The van der Waals surface area contributed by atoms with Gasteiger partial charge in [-0.05, 0) is 33.1 Å². The average molecular weight is 277 g/mol. The molecule has 0 heterocycles. The molecule has 3 nitrogen and oxygen atoms in total. The highest BCUT2D eigenvalue weighted by Crippen LogP contribution is 2.31. The summed E-state index contributed by atoms with van der Waals surface area (Å²) in [5.74, 6) is 0.666. The molecule has 0 N–H and O–H groups in total. The number of hydrogen-bond donors (Lipinski definition) is 0. The van der Waals surface area contributed by atoms with E-state index in [2.05, 4.69) is 27.7 Å². The molecule has 17 heavy (non-hydrogen) atoms. The van der Waals surface area contributed by atoms with Crippen molar-refractivity contribution in [3.8, 4) is 0 Å². The van der Waals surface area contributed by atoms with Gasteiger partial charge in [0.25, 0.3) is 5.95 Å². The fourth-order valence-corrected chi connectivity index (χ4v) is 2.14. The minimum absolute atomic E-state index is 0.0564. The quantitative estimate of drug-likeness (QED) is 0.555. The number of allylic oxidation sites excluding steroid dienone is 1. The molecule has 0 amide bonds. The molecule has 0 aliphatic rings. The van der Waals surface area contributed by atoms with Gasteiger partial charge in [0.05, 0.1) is 6.10 Å². The molecule has 0 aromatic heterocycles. The predicted molar refractivity (Wildman–Crippen MR) is 78.8 cm³/mol. The second kappa shape index (κ2) is 6.06. The zero-order valence-corrected chi connectivity index (χ0v) is 16.8. The standard InChI is InChI=1S/C12H28O3Si2/c1-8(11(3,4)5)10(15-17)13-12(6,7)9(2)14-16/h9H,1-7,16-17H3. The fraction of sp³-hybridized carbons (Fsp3) is 0.833. The van der Waals surface area contributed by atoms with E-state index in [-0.39, 0.29) is 17.1 Å². The smallest absolute Gasteiger partial charge is 0.264 e. The molecule has 102 valence electrons. The molecule has 0 fully saturated rings. The van der Waals surface area contributed by atoms with Gasteiger partial charge in [-0.25, -0.2) is 0 Å². The highest BCUT2D eigenvalue weighted by molar-refractivity contribution is 5.98. The van der Waals surface area contributed by atoms with Crippen molar-refractivity contribution in [1.82, 2.24) is 0 Å². The van der Waals surface area contributed by atoms with Crippen LogP contribution in [0.5, 0.6) is 0 Å². The zero-order valence-electron chi connectivity index (χ0n) is 12.8. The van der Waals surface area contributed by atoms with E-state index in [0.717, 1.165) is 5.57 Å². The molecule has 0 saturated carbocycles. The number of ether oxygens (including phenoxy) is 1. The third-order valence-electron chi connectivity index (χ3n) is 3.30. The summed E-state index contributed by atoms with van der Waals surface area (Å²) in [7, 11) is 1.34. The second-order valence-electron chi connectivity index (χ2n) is 5.95. The van der Waals surface area contributed by atoms with Crippen LogP contribution < -0.4 is 0 Å². The van der Waals surface area contributed by atoms with E-state index in [1.165, 1.54) is 0 Å². The van der Waals surface area contributed by atoms with Crippen molar-refractivity contribution in [2.45, 2.75) is 60.2 Å². The summed E-state index contributed by atoms with van der Waals surface area (Å²) in [5, 5.41) is 0. The van der Waals surface area contributed by atoms with E-state index in [4.69, 9.17) is 13.6 Å². The lowest BCUT2D eigenvalue weighted by molar-refractivity contribution is -0.0809. The molecule has 0 aliphatic heterocycles. The normalized spacial score (nSPS) is 16.6. The van der Waals surface area contributed by atoms with Crippen molar-refractivity contribution in [3.05, 3.63) is 11.5 Å². The van der Waals surface area contributed by atoms with Crippen LogP contribution in [-0.2, 0) is 13.6 Å². The Kier molecular flexibility index (Phi) is 5.97.